The molecule has 1 heterocycles. The predicted molar refractivity (Wildman–Crippen MR) is 101 cm³/mol. The van der Waals surface area contributed by atoms with E-state index in [-0.39, 0.29) is 12.4 Å². The molecular weight excluding hydrogens is 317 g/mol. The third-order valence-corrected chi connectivity index (χ3v) is 4.84. The summed E-state index contributed by atoms with van der Waals surface area (Å²) in [6, 6.07) is 3.67. The Kier molecular flexibility index (Phi) is 5.01. The number of rotatable bonds is 3. The minimum atomic E-state index is -0.514. The number of hydrogen-bond acceptors (Lipinski definition) is 5. The number of hydrogen-bond donors (Lipinski definition) is 1. The summed E-state index contributed by atoms with van der Waals surface area (Å²) in [5.74, 6) is -0.277. The zero-order valence-corrected chi connectivity index (χ0v) is 16.6. The molecule has 1 aromatic carbocycles. The normalized spacial score (nSPS) is 19.1. The lowest BCUT2D eigenvalue weighted by Crippen LogP contribution is -2.41. The van der Waals surface area contributed by atoms with Crippen LogP contribution in [0.15, 0.2) is 12.1 Å². The van der Waals surface area contributed by atoms with Crippen LogP contribution in [0.2, 0.25) is 0 Å². The molecule has 0 atom stereocenters. The van der Waals surface area contributed by atoms with Crippen molar-refractivity contribution in [3.05, 3.63) is 23.3 Å². The largest absolute Gasteiger partial charge is 0.495 e. The Labute approximate surface area is 151 Å². The number of benzene rings is 1. The van der Waals surface area contributed by atoms with E-state index in [0.29, 0.717) is 5.69 Å². The standard InChI is InChI=1S/C19H30BNO4/c1-12-13(10-16(22)23-17(2,3)4)9-14(21)11-15(12)20-24-18(5,6)19(7,8)25-20/h9,11H,10,21H2,1-8H3. The van der Waals surface area contributed by atoms with Gasteiger partial charge in [0, 0.05) is 5.69 Å². The molecule has 0 radical (unpaired) electrons. The molecule has 0 aliphatic carbocycles. The SMILES string of the molecule is Cc1c(CC(=O)OC(C)(C)C)cc(N)cc1B1OC(C)(C)C(C)(C)O1. The Bertz CT molecular complexity index is 661. The summed E-state index contributed by atoms with van der Waals surface area (Å²) >= 11 is 0. The lowest BCUT2D eigenvalue weighted by molar-refractivity contribution is -0.153. The zero-order chi connectivity index (χ0) is 19.2. The van der Waals surface area contributed by atoms with Gasteiger partial charge in [0.1, 0.15) is 5.60 Å². The van der Waals surface area contributed by atoms with Crippen molar-refractivity contribution in [1.82, 2.24) is 0 Å². The summed E-state index contributed by atoms with van der Waals surface area (Å²) in [7, 11) is -0.508. The topological polar surface area (TPSA) is 70.8 Å². The summed E-state index contributed by atoms with van der Waals surface area (Å²) in [4.78, 5) is 12.2. The van der Waals surface area contributed by atoms with Crippen molar-refractivity contribution in [2.45, 2.75) is 78.6 Å². The number of ether oxygens (including phenoxy) is 1. The van der Waals surface area contributed by atoms with Gasteiger partial charge in [-0.05, 0) is 84.1 Å². The summed E-state index contributed by atoms with van der Waals surface area (Å²) in [5.41, 5.74) is 7.91. The third-order valence-electron chi connectivity index (χ3n) is 4.84. The maximum atomic E-state index is 12.2. The van der Waals surface area contributed by atoms with Gasteiger partial charge < -0.3 is 19.8 Å². The maximum absolute atomic E-state index is 12.2. The smallest absolute Gasteiger partial charge is 0.460 e. The highest BCUT2D eigenvalue weighted by Gasteiger charge is 2.52. The molecule has 0 spiro atoms. The Morgan fingerprint density at radius 2 is 1.68 bits per heavy atom. The lowest BCUT2D eigenvalue weighted by Gasteiger charge is -2.32. The molecule has 138 valence electrons. The fourth-order valence-electron chi connectivity index (χ4n) is 2.76. The van der Waals surface area contributed by atoms with Crippen LogP contribution in [0, 0.1) is 6.92 Å². The fourth-order valence-corrected chi connectivity index (χ4v) is 2.76. The zero-order valence-electron chi connectivity index (χ0n) is 16.6. The molecule has 2 rings (SSSR count). The van der Waals surface area contributed by atoms with Crippen LogP contribution in [0.5, 0.6) is 0 Å². The first-order valence-corrected chi connectivity index (χ1v) is 8.68. The molecule has 0 saturated carbocycles. The van der Waals surface area contributed by atoms with E-state index in [2.05, 4.69) is 0 Å². The Morgan fingerprint density at radius 3 is 2.16 bits per heavy atom. The molecule has 0 bridgehead atoms. The van der Waals surface area contributed by atoms with E-state index in [1.54, 1.807) is 0 Å². The molecule has 1 aliphatic rings. The van der Waals surface area contributed by atoms with E-state index in [0.717, 1.165) is 16.6 Å². The number of anilines is 1. The van der Waals surface area contributed by atoms with Gasteiger partial charge in [0.2, 0.25) is 0 Å². The van der Waals surface area contributed by atoms with E-state index in [1.807, 2.05) is 67.5 Å². The highest BCUT2D eigenvalue weighted by Crippen LogP contribution is 2.37. The molecule has 1 aliphatic heterocycles. The monoisotopic (exact) mass is 347 g/mol. The minimum Gasteiger partial charge on any atom is -0.460 e. The average molecular weight is 347 g/mol. The van der Waals surface area contributed by atoms with Gasteiger partial charge in [-0.1, -0.05) is 0 Å². The van der Waals surface area contributed by atoms with E-state index in [1.165, 1.54) is 0 Å². The van der Waals surface area contributed by atoms with Gasteiger partial charge in [-0.3, -0.25) is 4.79 Å². The lowest BCUT2D eigenvalue weighted by atomic mass is 9.74. The predicted octanol–water partition coefficient (Wildman–Crippen LogP) is 2.76. The maximum Gasteiger partial charge on any atom is 0.495 e. The van der Waals surface area contributed by atoms with Crippen molar-refractivity contribution in [2.75, 3.05) is 5.73 Å². The quantitative estimate of drug-likeness (QED) is 0.517. The van der Waals surface area contributed by atoms with Crippen molar-refractivity contribution in [1.29, 1.82) is 0 Å². The van der Waals surface area contributed by atoms with Gasteiger partial charge in [0.05, 0.1) is 17.6 Å². The van der Waals surface area contributed by atoms with Crippen molar-refractivity contribution >= 4 is 24.2 Å². The highest BCUT2D eigenvalue weighted by atomic mass is 16.7. The van der Waals surface area contributed by atoms with Crippen LogP contribution in [0.3, 0.4) is 0 Å². The van der Waals surface area contributed by atoms with Crippen LogP contribution in [-0.2, 0) is 25.3 Å². The first-order chi connectivity index (χ1) is 11.2. The summed E-state index contributed by atoms with van der Waals surface area (Å²) in [5, 5.41) is 0. The number of carbonyl (C=O) groups is 1. The van der Waals surface area contributed by atoms with Gasteiger partial charge in [0.25, 0.3) is 0 Å². The molecule has 0 unspecified atom stereocenters. The molecule has 25 heavy (non-hydrogen) atoms. The molecular formula is C19H30BNO4. The summed E-state index contributed by atoms with van der Waals surface area (Å²) in [6.45, 7) is 15.6. The molecule has 1 saturated heterocycles. The van der Waals surface area contributed by atoms with Crippen molar-refractivity contribution in [3.63, 3.8) is 0 Å². The molecule has 0 amide bonds. The summed E-state index contributed by atoms with van der Waals surface area (Å²) in [6.07, 6.45) is 0.167. The van der Waals surface area contributed by atoms with E-state index < -0.39 is 23.9 Å². The van der Waals surface area contributed by atoms with Gasteiger partial charge >= 0.3 is 13.1 Å². The van der Waals surface area contributed by atoms with E-state index in [9.17, 15) is 4.79 Å². The molecule has 1 aromatic rings. The Morgan fingerprint density at radius 1 is 1.16 bits per heavy atom. The first-order valence-electron chi connectivity index (χ1n) is 8.68. The molecule has 6 heteroatoms. The second-order valence-electron chi connectivity index (χ2n) is 8.75. The molecule has 2 N–H and O–H groups in total. The van der Waals surface area contributed by atoms with Gasteiger partial charge in [-0.15, -0.1) is 0 Å². The number of nitrogens with two attached hydrogens (primary N) is 1. The van der Waals surface area contributed by atoms with Crippen LogP contribution in [0.25, 0.3) is 0 Å². The number of esters is 1. The minimum absolute atomic E-state index is 0.167. The number of carbonyl (C=O) groups excluding carboxylic acids is 1. The molecule has 0 aromatic heterocycles. The van der Waals surface area contributed by atoms with E-state index >= 15 is 0 Å². The van der Waals surface area contributed by atoms with E-state index in [4.69, 9.17) is 19.8 Å². The Hall–Kier alpha value is -1.53. The van der Waals surface area contributed by atoms with Gasteiger partial charge in [-0.25, -0.2) is 0 Å². The fraction of sp³-hybridized carbons (Fsp3) is 0.632. The third kappa shape index (κ3) is 4.36. The van der Waals surface area contributed by atoms with Gasteiger partial charge in [0.15, 0.2) is 0 Å². The van der Waals surface area contributed by atoms with Crippen molar-refractivity contribution < 1.29 is 18.8 Å². The molecule has 1 fully saturated rings. The van der Waals surface area contributed by atoms with Crippen molar-refractivity contribution in [3.8, 4) is 0 Å². The van der Waals surface area contributed by atoms with Crippen LogP contribution < -0.4 is 11.2 Å². The van der Waals surface area contributed by atoms with Crippen LogP contribution in [-0.4, -0.2) is 29.9 Å². The summed E-state index contributed by atoms with van der Waals surface area (Å²) < 4.78 is 17.7. The Balaban J connectivity index is 2.31. The number of nitrogen functional groups attached to an aromatic ring is 1. The second kappa shape index (κ2) is 6.33. The van der Waals surface area contributed by atoms with Crippen LogP contribution in [0.1, 0.15) is 59.6 Å². The molecule has 5 nitrogen and oxygen atoms in total. The average Bonchev–Trinajstić information content (AvgIpc) is 2.60. The highest BCUT2D eigenvalue weighted by molar-refractivity contribution is 6.62. The van der Waals surface area contributed by atoms with Crippen LogP contribution in [0.4, 0.5) is 5.69 Å². The van der Waals surface area contributed by atoms with Crippen molar-refractivity contribution in [2.24, 2.45) is 0 Å². The first kappa shape index (κ1) is 19.8. The van der Waals surface area contributed by atoms with Gasteiger partial charge in [-0.2, -0.15) is 0 Å². The second-order valence-corrected chi connectivity index (χ2v) is 8.75. The van der Waals surface area contributed by atoms with Crippen LogP contribution >= 0.6 is 0 Å².